The summed E-state index contributed by atoms with van der Waals surface area (Å²) >= 11 is 0. The Labute approximate surface area is 184 Å². The number of rotatable bonds is 5. The number of halogens is 1. The number of likely N-dealkylation sites (tertiary alicyclic amines) is 1. The van der Waals surface area contributed by atoms with Crippen LogP contribution in [0.4, 0.5) is 20.6 Å². The minimum absolute atomic E-state index is 0.0269. The normalized spacial score (nSPS) is 18.1. The summed E-state index contributed by atoms with van der Waals surface area (Å²) in [6, 6.07) is 15.1. The third kappa shape index (κ3) is 5.74. The van der Waals surface area contributed by atoms with Gasteiger partial charge >= 0.3 is 6.03 Å². The Hall–Kier alpha value is -2.64. The van der Waals surface area contributed by atoms with Gasteiger partial charge in [0.15, 0.2) is 0 Å². The fourth-order valence-electron chi connectivity index (χ4n) is 4.30. The number of nitrogens with zero attached hydrogens (tertiary/aromatic N) is 3. The number of carbonyl (C=O) groups is 1. The first kappa shape index (κ1) is 21.6. The molecular weight excluding hydrogens is 393 g/mol. The predicted molar refractivity (Wildman–Crippen MR) is 123 cm³/mol. The van der Waals surface area contributed by atoms with Gasteiger partial charge in [-0.25, -0.2) is 9.18 Å². The number of piperidine rings is 1. The first-order valence-corrected chi connectivity index (χ1v) is 11.2. The van der Waals surface area contributed by atoms with Crippen molar-refractivity contribution < 1.29 is 9.18 Å². The van der Waals surface area contributed by atoms with Crippen LogP contribution >= 0.6 is 0 Å². The van der Waals surface area contributed by atoms with Gasteiger partial charge in [0.1, 0.15) is 5.82 Å². The van der Waals surface area contributed by atoms with Crippen molar-refractivity contribution in [3.05, 3.63) is 59.9 Å². The van der Waals surface area contributed by atoms with Crippen molar-refractivity contribution in [2.24, 2.45) is 0 Å². The van der Waals surface area contributed by atoms with E-state index < -0.39 is 0 Å². The molecule has 2 fully saturated rings. The van der Waals surface area contributed by atoms with Gasteiger partial charge in [0.05, 0.1) is 0 Å². The largest absolute Gasteiger partial charge is 0.382 e. The summed E-state index contributed by atoms with van der Waals surface area (Å²) in [6.07, 6.45) is 1.69. The maximum absolute atomic E-state index is 13.4. The summed E-state index contributed by atoms with van der Waals surface area (Å²) < 4.78 is 13.4. The Bertz CT molecular complexity index is 861. The second kappa shape index (κ2) is 10.1. The molecule has 2 aliphatic heterocycles. The third-order valence-electron chi connectivity index (χ3n) is 6.19. The van der Waals surface area contributed by atoms with E-state index >= 15 is 0 Å². The molecular formula is C24H32FN5O. The quantitative estimate of drug-likeness (QED) is 0.771. The fourth-order valence-corrected chi connectivity index (χ4v) is 4.30. The van der Waals surface area contributed by atoms with Crippen molar-refractivity contribution in [2.75, 3.05) is 56.5 Å². The van der Waals surface area contributed by atoms with Gasteiger partial charge in [-0.05, 0) is 48.7 Å². The molecule has 2 aliphatic rings. The molecule has 166 valence electrons. The number of nitrogens with one attached hydrogen (secondary N) is 2. The second-order valence-corrected chi connectivity index (χ2v) is 8.45. The lowest BCUT2D eigenvalue weighted by Gasteiger charge is -2.35. The SMILES string of the molecule is CN(C(=O)N1CCC(Nc2cccc(F)c2)CC1)c1ccc(CN2CCNCC2)cc1. The fraction of sp³-hybridized carbons (Fsp3) is 0.458. The molecule has 0 aliphatic carbocycles. The van der Waals surface area contributed by atoms with Crippen molar-refractivity contribution in [3.63, 3.8) is 0 Å². The van der Waals surface area contributed by atoms with Crippen LogP contribution in [0.5, 0.6) is 0 Å². The molecule has 0 spiro atoms. The Balaban J connectivity index is 1.27. The Morgan fingerprint density at radius 3 is 2.48 bits per heavy atom. The van der Waals surface area contributed by atoms with Gasteiger partial charge in [-0.1, -0.05) is 18.2 Å². The smallest absolute Gasteiger partial charge is 0.324 e. The van der Waals surface area contributed by atoms with E-state index in [1.807, 2.05) is 30.1 Å². The summed E-state index contributed by atoms with van der Waals surface area (Å²) in [5.74, 6) is -0.238. The maximum Gasteiger partial charge on any atom is 0.324 e. The van der Waals surface area contributed by atoms with Gasteiger partial charge in [0.25, 0.3) is 0 Å². The zero-order chi connectivity index (χ0) is 21.6. The lowest BCUT2D eigenvalue weighted by Crippen LogP contribution is -2.47. The van der Waals surface area contributed by atoms with E-state index in [4.69, 9.17) is 0 Å². The van der Waals surface area contributed by atoms with Crippen LogP contribution in [0, 0.1) is 5.82 Å². The Morgan fingerprint density at radius 1 is 1.10 bits per heavy atom. The van der Waals surface area contributed by atoms with E-state index in [1.54, 1.807) is 11.0 Å². The van der Waals surface area contributed by atoms with Crippen LogP contribution in [0.2, 0.25) is 0 Å². The molecule has 0 saturated carbocycles. The third-order valence-corrected chi connectivity index (χ3v) is 6.19. The number of benzene rings is 2. The molecule has 2 heterocycles. The highest BCUT2D eigenvalue weighted by molar-refractivity contribution is 5.91. The van der Waals surface area contributed by atoms with E-state index in [2.05, 4.69) is 27.7 Å². The lowest BCUT2D eigenvalue weighted by molar-refractivity contribution is 0.191. The molecule has 0 radical (unpaired) electrons. The molecule has 0 atom stereocenters. The van der Waals surface area contributed by atoms with Gasteiger partial charge in [0.2, 0.25) is 0 Å². The number of hydrogen-bond acceptors (Lipinski definition) is 4. The first-order chi connectivity index (χ1) is 15.1. The standard InChI is InChI=1S/C24H32FN5O/c1-28(23-7-5-19(6-8-23)18-29-15-11-26-12-16-29)24(31)30-13-9-21(10-14-30)27-22-4-2-3-20(25)17-22/h2-8,17,21,26-27H,9-16,18H2,1H3. The minimum atomic E-state index is -0.238. The average molecular weight is 426 g/mol. The zero-order valence-electron chi connectivity index (χ0n) is 18.2. The molecule has 6 nitrogen and oxygen atoms in total. The molecule has 4 rings (SSSR count). The average Bonchev–Trinajstić information content (AvgIpc) is 2.80. The van der Waals surface area contributed by atoms with Gasteiger partial charge in [0, 0.05) is 70.3 Å². The van der Waals surface area contributed by atoms with Crippen molar-refractivity contribution in [3.8, 4) is 0 Å². The monoisotopic (exact) mass is 425 g/mol. The van der Waals surface area contributed by atoms with Gasteiger partial charge < -0.3 is 15.5 Å². The van der Waals surface area contributed by atoms with Crippen molar-refractivity contribution in [2.45, 2.75) is 25.4 Å². The van der Waals surface area contributed by atoms with E-state index in [9.17, 15) is 9.18 Å². The molecule has 0 aromatic heterocycles. The second-order valence-electron chi connectivity index (χ2n) is 8.45. The Kier molecular flexibility index (Phi) is 7.04. The summed E-state index contributed by atoms with van der Waals surface area (Å²) in [5, 5.41) is 6.76. The molecule has 31 heavy (non-hydrogen) atoms. The number of hydrogen-bond donors (Lipinski definition) is 2. The molecule has 7 heteroatoms. The van der Waals surface area contributed by atoms with Crippen LogP contribution in [0.25, 0.3) is 0 Å². The molecule has 0 unspecified atom stereocenters. The highest BCUT2D eigenvalue weighted by Gasteiger charge is 2.25. The van der Waals surface area contributed by atoms with E-state index in [0.29, 0.717) is 13.1 Å². The molecule has 2 aromatic rings. The topological polar surface area (TPSA) is 50.9 Å². The highest BCUT2D eigenvalue weighted by Crippen LogP contribution is 2.21. The summed E-state index contributed by atoms with van der Waals surface area (Å²) in [4.78, 5) is 19.1. The molecule has 0 bridgehead atoms. The first-order valence-electron chi connectivity index (χ1n) is 11.2. The van der Waals surface area contributed by atoms with Gasteiger partial charge in [-0.3, -0.25) is 9.80 Å². The van der Waals surface area contributed by atoms with E-state index in [0.717, 1.165) is 56.9 Å². The zero-order valence-corrected chi connectivity index (χ0v) is 18.2. The summed E-state index contributed by atoms with van der Waals surface area (Å²) in [6.45, 7) is 6.57. The summed E-state index contributed by atoms with van der Waals surface area (Å²) in [7, 11) is 1.84. The van der Waals surface area contributed by atoms with Gasteiger partial charge in [-0.15, -0.1) is 0 Å². The van der Waals surface area contributed by atoms with E-state index in [-0.39, 0.29) is 17.9 Å². The van der Waals surface area contributed by atoms with Crippen LogP contribution < -0.4 is 15.5 Å². The Morgan fingerprint density at radius 2 is 1.81 bits per heavy atom. The van der Waals surface area contributed by atoms with Gasteiger partial charge in [-0.2, -0.15) is 0 Å². The van der Waals surface area contributed by atoms with Crippen LogP contribution in [0.1, 0.15) is 18.4 Å². The molecule has 2 N–H and O–H groups in total. The van der Waals surface area contributed by atoms with Crippen LogP contribution in [0.3, 0.4) is 0 Å². The van der Waals surface area contributed by atoms with Crippen LogP contribution in [0.15, 0.2) is 48.5 Å². The number of piperazine rings is 1. The maximum atomic E-state index is 13.4. The van der Waals surface area contributed by atoms with Crippen LogP contribution in [-0.4, -0.2) is 68.2 Å². The van der Waals surface area contributed by atoms with E-state index in [1.165, 1.54) is 17.7 Å². The highest BCUT2D eigenvalue weighted by atomic mass is 19.1. The summed E-state index contributed by atoms with van der Waals surface area (Å²) in [5.41, 5.74) is 2.98. The number of amides is 2. The number of anilines is 2. The van der Waals surface area contributed by atoms with Crippen molar-refractivity contribution in [1.82, 2.24) is 15.1 Å². The van der Waals surface area contributed by atoms with Crippen LogP contribution in [-0.2, 0) is 6.54 Å². The molecule has 2 aromatic carbocycles. The molecule has 2 saturated heterocycles. The minimum Gasteiger partial charge on any atom is -0.382 e. The predicted octanol–water partition coefficient (Wildman–Crippen LogP) is 3.36. The number of urea groups is 1. The molecule has 2 amide bonds. The lowest BCUT2D eigenvalue weighted by atomic mass is 10.0. The number of carbonyl (C=O) groups excluding carboxylic acids is 1. The van der Waals surface area contributed by atoms with Crippen molar-refractivity contribution >= 4 is 17.4 Å². The van der Waals surface area contributed by atoms with Crippen molar-refractivity contribution in [1.29, 1.82) is 0 Å².